The highest BCUT2D eigenvalue weighted by Gasteiger charge is 2.16. The van der Waals surface area contributed by atoms with E-state index in [1.807, 2.05) is 0 Å². The lowest BCUT2D eigenvalue weighted by atomic mass is 10.0. The van der Waals surface area contributed by atoms with Gasteiger partial charge in [-0.3, -0.25) is 9.59 Å². The summed E-state index contributed by atoms with van der Waals surface area (Å²) in [5.41, 5.74) is 0. The molecule has 0 saturated heterocycles. The molecule has 1 N–H and O–H groups in total. The first-order valence-electron chi connectivity index (χ1n) is 31.7. The van der Waals surface area contributed by atoms with Crippen molar-refractivity contribution in [3.8, 4) is 0 Å². The molecule has 0 spiro atoms. The van der Waals surface area contributed by atoms with Gasteiger partial charge in [0.25, 0.3) is 0 Å². The van der Waals surface area contributed by atoms with Gasteiger partial charge in [-0.25, -0.2) is 0 Å². The molecule has 0 aliphatic rings. The van der Waals surface area contributed by atoms with Crippen LogP contribution in [0.3, 0.4) is 0 Å². The first-order valence-corrected chi connectivity index (χ1v) is 31.7. The molecule has 1 atom stereocenters. The van der Waals surface area contributed by atoms with Crippen molar-refractivity contribution in [1.82, 2.24) is 0 Å². The van der Waals surface area contributed by atoms with Crippen molar-refractivity contribution >= 4 is 11.9 Å². The van der Waals surface area contributed by atoms with Crippen LogP contribution in [0.25, 0.3) is 0 Å². The molecule has 0 aliphatic heterocycles. The van der Waals surface area contributed by atoms with Gasteiger partial charge >= 0.3 is 11.9 Å². The lowest BCUT2D eigenvalue weighted by Gasteiger charge is -2.15. The van der Waals surface area contributed by atoms with Crippen molar-refractivity contribution in [2.45, 2.75) is 373 Å². The molecular formula is C64H124O5. The Bertz CT molecular complexity index is 1010. The number of aliphatic hydroxyl groups excluding tert-OH is 1. The molecule has 5 heteroatoms. The van der Waals surface area contributed by atoms with E-state index in [1.165, 1.54) is 308 Å². The van der Waals surface area contributed by atoms with Crippen molar-refractivity contribution in [1.29, 1.82) is 0 Å². The summed E-state index contributed by atoms with van der Waals surface area (Å²) in [4.78, 5) is 24.5. The smallest absolute Gasteiger partial charge is 0.306 e. The van der Waals surface area contributed by atoms with Gasteiger partial charge in [-0.15, -0.1) is 0 Å². The summed E-state index contributed by atoms with van der Waals surface area (Å²) in [6.07, 6.45) is 76.6. The zero-order valence-electron chi connectivity index (χ0n) is 47.1. The Morgan fingerprint density at radius 3 is 0.783 bits per heavy atom. The van der Waals surface area contributed by atoms with Crippen LogP contribution in [-0.2, 0) is 19.1 Å². The number of allylic oxidation sites excluding steroid dienone is 2. The predicted molar refractivity (Wildman–Crippen MR) is 302 cm³/mol. The molecule has 69 heavy (non-hydrogen) atoms. The molecule has 0 bridgehead atoms. The third kappa shape index (κ3) is 59.1. The van der Waals surface area contributed by atoms with Crippen LogP contribution in [0.1, 0.15) is 367 Å². The van der Waals surface area contributed by atoms with E-state index in [9.17, 15) is 14.7 Å². The van der Waals surface area contributed by atoms with Gasteiger partial charge in [0.1, 0.15) is 6.61 Å². The molecule has 0 saturated carbocycles. The molecule has 1 unspecified atom stereocenters. The highest BCUT2D eigenvalue weighted by atomic mass is 16.6. The van der Waals surface area contributed by atoms with Crippen LogP contribution in [0, 0.1) is 0 Å². The Morgan fingerprint density at radius 1 is 0.319 bits per heavy atom. The van der Waals surface area contributed by atoms with Crippen molar-refractivity contribution in [3.63, 3.8) is 0 Å². The zero-order chi connectivity index (χ0) is 49.9. The lowest BCUT2D eigenvalue weighted by molar-refractivity contribution is -0.161. The molecule has 5 nitrogen and oxygen atoms in total. The fraction of sp³-hybridized carbons (Fsp3) is 0.938. The maximum Gasteiger partial charge on any atom is 0.306 e. The van der Waals surface area contributed by atoms with E-state index in [1.54, 1.807) is 0 Å². The van der Waals surface area contributed by atoms with Crippen LogP contribution in [0.5, 0.6) is 0 Å². The third-order valence-electron chi connectivity index (χ3n) is 14.8. The van der Waals surface area contributed by atoms with E-state index in [0.717, 1.165) is 32.1 Å². The normalized spacial score (nSPS) is 12.1. The average molecular weight is 974 g/mol. The maximum atomic E-state index is 12.3. The second kappa shape index (κ2) is 60.9. The summed E-state index contributed by atoms with van der Waals surface area (Å²) in [6, 6.07) is 0. The second-order valence-corrected chi connectivity index (χ2v) is 21.9. The van der Waals surface area contributed by atoms with Gasteiger partial charge < -0.3 is 14.6 Å². The minimum absolute atomic E-state index is 0.0567. The number of unbranched alkanes of at least 4 members (excludes halogenated alkanes) is 50. The van der Waals surface area contributed by atoms with Gasteiger partial charge in [-0.2, -0.15) is 0 Å². The van der Waals surface area contributed by atoms with Gasteiger partial charge in [0.05, 0.1) is 6.61 Å². The average Bonchev–Trinajstić information content (AvgIpc) is 3.35. The van der Waals surface area contributed by atoms with Crippen molar-refractivity contribution < 1.29 is 24.2 Å². The van der Waals surface area contributed by atoms with Crippen LogP contribution in [-0.4, -0.2) is 36.4 Å². The number of ether oxygens (including phenoxy) is 2. The van der Waals surface area contributed by atoms with E-state index < -0.39 is 6.10 Å². The quantitative estimate of drug-likeness (QED) is 0.0373. The maximum absolute atomic E-state index is 12.3. The van der Waals surface area contributed by atoms with Gasteiger partial charge in [-0.1, -0.05) is 328 Å². The summed E-state index contributed by atoms with van der Waals surface area (Å²) >= 11 is 0. The number of rotatable bonds is 60. The first-order chi connectivity index (χ1) is 34.1. The number of hydrogen-bond acceptors (Lipinski definition) is 5. The number of hydrogen-bond donors (Lipinski definition) is 1. The summed E-state index contributed by atoms with van der Waals surface area (Å²) in [5, 5.41) is 9.66. The number of esters is 2. The van der Waals surface area contributed by atoms with Crippen LogP contribution in [0.4, 0.5) is 0 Å². The molecule has 0 rings (SSSR count). The van der Waals surface area contributed by atoms with E-state index >= 15 is 0 Å². The molecule has 0 amide bonds. The Hall–Kier alpha value is -1.36. The molecule has 0 heterocycles. The van der Waals surface area contributed by atoms with Crippen LogP contribution in [0.2, 0.25) is 0 Å². The van der Waals surface area contributed by atoms with Gasteiger partial charge in [0.15, 0.2) is 6.10 Å². The van der Waals surface area contributed by atoms with Crippen LogP contribution >= 0.6 is 0 Å². The van der Waals surface area contributed by atoms with Crippen molar-refractivity contribution in [3.05, 3.63) is 12.2 Å². The lowest BCUT2D eigenvalue weighted by Crippen LogP contribution is -2.28. The van der Waals surface area contributed by atoms with Crippen LogP contribution in [0.15, 0.2) is 12.2 Å². The third-order valence-corrected chi connectivity index (χ3v) is 14.8. The Kier molecular flexibility index (Phi) is 59.7. The summed E-state index contributed by atoms with van der Waals surface area (Å²) < 4.78 is 10.7. The highest BCUT2D eigenvalue weighted by molar-refractivity contribution is 5.70. The second-order valence-electron chi connectivity index (χ2n) is 21.9. The van der Waals surface area contributed by atoms with Crippen molar-refractivity contribution in [2.24, 2.45) is 0 Å². The molecule has 0 fully saturated rings. The number of carbonyl (C=O) groups is 2. The molecule has 410 valence electrons. The van der Waals surface area contributed by atoms with E-state index in [0.29, 0.717) is 12.8 Å². The van der Waals surface area contributed by atoms with Gasteiger partial charge in [-0.05, 0) is 38.5 Å². The largest absolute Gasteiger partial charge is 0.462 e. The Balaban J connectivity index is 3.35. The summed E-state index contributed by atoms with van der Waals surface area (Å²) in [5.74, 6) is -0.564. The minimum Gasteiger partial charge on any atom is -0.462 e. The standard InChI is InChI=1S/C64H124O5/c1-3-5-7-9-11-13-15-17-19-21-23-24-25-26-27-28-29-30-31-32-33-34-35-36-37-38-39-40-41-43-45-47-49-51-53-55-57-59-64(67)69-62(60-65)61-68-63(66)58-56-54-52-50-48-46-44-42-22-20-18-16-14-12-10-8-6-4-2/h21,23,62,65H,3-20,22,24-61H2,1-2H3/b23-21-. The van der Waals surface area contributed by atoms with Crippen LogP contribution < -0.4 is 0 Å². The van der Waals surface area contributed by atoms with E-state index in [-0.39, 0.29) is 25.2 Å². The predicted octanol–water partition coefficient (Wildman–Crippen LogP) is 21.5. The summed E-state index contributed by atoms with van der Waals surface area (Å²) in [6.45, 7) is 4.20. The fourth-order valence-electron chi connectivity index (χ4n) is 10.0. The molecule has 0 aromatic carbocycles. The molecule has 0 radical (unpaired) electrons. The first kappa shape index (κ1) is 67.6. The molecular weight excluding hydrogens is 849 g/mol. The highest BCUT2D eigenvalue weighted by Crippen LogP contribution is 2.19. The SMILES string of the molecule is CCCCCCCCCC/C=C\CCCCCCCCCCCCCCCCCCCCCCCCCCCC(=O)OC(CO)COC(=O)CCCCCCCCCCCCCCCCCCCC. The van der Waals surface area contributed by atoms with Gasteiger partial charge in [0, 0.05) is 12.8 Å². The topological polar surface area (TPSA) is 72.8 Å². The molecule has 0 aliphatic carbocycles. The zero-order valence-corrected chi connectivity index (χ0v) is 47.1. The number of carbonyl (C=O) groups excluding carboxylic acids is 2. The Morgan fingerprint density at radius 2 is 0.536 bits per heavy atom. The van der Waals surface area contributed by atoms with Gasteiger partial charge in [0.2, 0.25) is 0 Å². The minimum atomic E-state index is -0.765. The fourth-order valence-corrected chi connectivity index (χ4v) is 10.0. The number of aliphatic hydroxyl groups is 1. The molecule has 0 aromatic heterocycles. The van der Waals surface area contributed by atoms with E-state index in [4.69, 9.17) is 9.47 Å². The van der Waals surface area contributed by atoms with Crippen molar-refractivity contribution in [2.75, 3.05) is 13.2 Å². The Labute approximate surface area is 432 Å². The molecule has 0 aromatic rings. The van der Waals surface area contributed by atoms with E-state index in [2.05, 4.69) is 26.0 Å². The monoisotopic (exact) mass is 973 g/mol. The summed E-state index contributed by atoms with van der Waals surface area (Å²) in [7, 11) is 0.